The van der Waals surface area contributed by atoms with Gasteiger partial charge in [-0.2, -0.15) is 0 Å². The van der Waals surface area contributed by atoms with Crippen molar-refractivity contribution in [3.8, 4) is 5.19 Å². The Kier molecular flexibility index (Phi) is 3.30. The number of ether oxygens (including phenoxy) is 1. The Labute approximate surface area is 127 Å². The number of nitrogens with zero attached hydrogens (tertiary/aromatic N) is 2. The molecule has 2 aromatic rings. The van der Waals surface area contributed by atoms with Crippen LogP contribution in [0.25, 0.3) is 10.2 Å². The first-order chi connectivity index (χ1) is 10.3. The van der Waals surface area contributed by atoms with Crippen molar-refractivity contribution in [3.05, 3.63) is 24.3 Å². The second-order valence-electron chi connectivity index (χ2n) is 5.86. The van der Waals surface area contributed by atoms with E-state index in [0.717, 1.165) is 54.2 Å². The van der Waals surface area contributed by atoms with E-state index in [1.807, 2.05) is 23.1 Å². The number of aromatic nitrogens is 1. The summed E-state index contributed by atoms with van der Waals surface area (Å²) >= 11 is 1.60. The van der Waals surface area contributed by atoms with Crippen molar-refractivity contribution in [3.63, 3.8) is 0 Å². The lowest BCUT2D eigenvalue weighted by molar-refractivity contribution is -0.134. The molecule has 1 saturated carbocycles. The van der Waals surface area contributed by atoms with Gasteiger partial charge >= 0.3 is 0 Å². The minimum atomic E-state index is 0.189. The molecule has 1 aliphatic heterocycles. The lowest BCUT2D eigenvalue weighted by Crippen LogP contribution is -2.42. The molecule has 2 fully saturated rings. The largest absolute Gasteiger partial charge is 0.467 e. The minimum Gasteiger partial charge on any atom is -0.467 e. The Bertz CT molecular complexity index is 624. The molecule has 1 aromatic heterocycles. The quantitative estimate of drug-likeness (QED) is 0.875. The number of thiazole rings is 1. The highest BCUT2D eigenvalue weighted by Gasteiger charge is 2.35. The maximum atomic E-state index is 12.0. The Morgan fingerprint density at radius 3 is 2.67 bits per heavy atom. The van der Waals surface area contributed by atoms with E-state index in [2.05, 4.69) is 11.1 Å². The van der Waals surface area contributed by atoms with Crippen molar-refractivity contribution in [2.75, 3.05) is 13.1 Å². The molecule has 0 N–H and O–H groups in total. The van der Waals surface area contributed by atoms with Gasteiger partial charge in [0.15, 0.2) is 0 Å². The van der Waals surface area contributed by atoms with Crippen LogP contribution < -0.4 is 4.74 Å². The third kappa shape index (κ3) is 2.75. The van der Waals surface area contributed by atoms with Gasteiger partial charge in [-0.05, 0) is 25.0 Å². The van der Waals surface area contributed by atoms with E-state index in [4.69, 9.17) is 4.74 Å². The topological polar surface area (TPSA) is 42.4 Å². The Balaban J connectivity index is 1.36. The van der Waals surface area contributed by atoms with Gasteiger partial charge in [-0.25, -0.2) is 4.98 Å². The second-order valence-corrected chi connectivity index (χ2v) is 6.86. The molecular formula is C16H18N2O2S. The highest BCUT2D eigenvalue weighted by atomic mass is 32.1. The average molecular weight is 302 g/mol. The molecule has 1 aromatic carbocycles. The van der Waals surface area contributed by atoms with Crippen LogP contribution in [0.1, 0.15) is 25.7 Å². The monoisotopic (exact) mass is 302 g/mol. The summed E-state index contributed by atoms with van der Waals surface area (Å²) in [5.74, 6) is 0.681. The van der Waals surface area contributed by atoms with Gasteiger partial charge in [0, 0.05) is 31.8 Å². The van der Waals surface area contributed by atoms with Crippen molar-refractivity contribution in [2.45, 2.75) is 31.8 Å². The molecule has 0 atom stereocenters. The van der Waals surface area contributed by atoms with Gasteiger partial charge in [0.1, 0.15) is 6.10 Å². The van der Waals surface area contributed by atoms with Crippen molar-refractivity contribution >= 4 is 27.5 Å². The van der Waals surface area contributed by atoms with Crippen LogP contribution in [0.15, 0.2) is 24.3 Å². The number of likely N-dealkylation sites (tertiary alicyclic amines) is 1. The van der Waals surface area contributed by atoms with Gasteiger partial charge in [0.05, 0.1) is 10.2 Å². The van der Waals surface area contributed by atoms with Gasteiger partial charge in [-0.3, -0.25) is 4.79 Å². The third-order valence-corrected chi connectivity index (χ3v) is 5.15. The Morgan fingerprint density at radius 1 is 1.19 bits per heavy atom. The highest BCUT2D eigenvalue weighted by molar-refractivity contribution is 7.20. The second kappa shape index (κ2) is 5.30. The summed E-state index contributed by atoms with van der Waals surface area (Å²) in [6.07, 6.45) is 4.18. The van der Waals surface area contributed by atoms with Crippen LogP contribution in [0.4, 0.5) is 0 Å². The summed E-state index contributed by atoms with van der Waals surface area (Å²) in [5, 5.41) is 0.753. The minimum absolute atomic E-state index is 0.189. The van der Waals surface area contributed by atoms with Crippen molar-refractivity contribution in [1.82, 2.24) is 9.88 Å². The van der Waals surface area contributed by atoms with Crippen LogP contribution in [-0.4, -0.2) is 35.0 Å². The van der Waals surface area contributed by atoms with E-state index in [-0.39, 0.29) is 6.10 Å². The molecule has 1 amide bonds. The molecule has 1 aliphatic carbocycles. The summed E-state index contributed by atoms with van der Waals surface area (Å²) in [6.45, 7) is 1.65. The van der Waals surface area contributed by atoms with Crippen LogP contribution in [0.3, 0.4) is 0 Å². The molecular weight excluding hydrogens is 284 g/mol. The first kappa shape index (κ1) is 13.1. The van der Waals surface area contributed by atoms with Crippen molar-refractivity contribution in [2.24, 2.45) is 5.92 Å². The lowest BCUT2D eigenvalue weighted by atomic mass is 10.1. The molecule has 0 radical (unpaired) electrons. The zero-order valence-electron chi connectivity index (χ0n) is 11.8. The van der Waals surface area contributed by atoms with E-state index in [9.17, 15) is 4.79 Å². The number of para-hydroxylation sites is 1. The lowest BCUT2D eigenvalue weighted by Gasteiger charge is -2.31. The summed E-state index contributed by atoms with van der Waals surface area (Å²) in [6, 6.07) is 8.09. The summed E-state index contributed by atoms with van der Waals surface area (Å²) < 4.78 is 7.17. The zero-order valence-corrected chi connectivity index (χ0v) is 12.6. The van der Waals surface area contributed by atoms with Gasteiger partial charge in [-0.15, -0.1) is 0 Å². The molecule has 0 unspecified atom stereocenters. The van der Waals surface area contributed by atoms with Crippen molar-refractivity contribution in [1.29, 1.82) is 0 Å². The fourth-order valence-corrected chi connectivity index (χ4v) is 3.71. The first-order valence-corrected chi connectivity index (χ1v) is 8.42. The highest BCUT2D eigenvalue weighted by Crippen LogP contribution is 2.33. The Morgan fingerprint density at radius 2 is 1.95 bits per heavy atom. The van der Waals surface area contributed by atoms with Crippen LogP contribution in [-0.2, 0) is 4.79 Å². The van der Waals surface area contributed by atoms with Crippen LogP contribution in [0, 0.1) is 5.92 Å². The number of fused-ring (bicyclic) bond motifs is 1. The van der Waals surface area contributed by atoms with E-state index in [0.29, 0.717) is 11.8 Å². The van der Waals surface area contributed by atoms with Crippen molar-refractivity contribution < 1.29 is 9.53 Å². The number of hydrogen-bond acceptors (Lipinski definition) is 4. The van der Waals surface area contributed by atoms with Crippen LogP contribution >= 0.6 is 11.3 Å². The van der Waals surface area contributed by atoms with Gasteiger partial charge in [0.2, 0.25) is 5.91 Å². The fourth-order valence-electron chi connectivity index (χ4n) is 2.83. The number of carbonyl (C=O) groups is 1. The van der Waals surface area contributed by atoms with E-state index in [1.54, 1.807) is 11.3 Å². The number of hydrogen-bond donors (Lipinski definition) is 0. The van der Waals surface area contributed by atoms with Gasteiger partial charge in [-0.1, -0.05) is 23.5 Å². The molecule has 110 valence electrons. The van der Waals surface area contributed by atoms with Gasteiger partial charge in [0.25, 0.3) is 5.19 Å². The maximum absolute atomic E-state index is 12.0. The number of rotatable bonds is 3. The summed E-state index contributed by atoms with van der Waals surface area (Å²) in [4.78, 5) is 18.5. The number of piperidine rings is 1. The van der Waals surface area contributed by atoms with E-state index >= 15 is 0 Å². The fraction of sp³-hybridized carbons (Fsp3) is 0.500. The predicted molar refractivity (Wildman–Crippen MR) is 82.6 cm³/mol. The predicted octanol–water partition coefficient (Wildman–Crippen LogP) is 3.08. The van der Waals surface area contributed by atoms with Crippen LogP contribution in [0.5, 0.6) is 5.19 Å². The molecule has 5 heteroatoms. The molecule has 1 saturated heterocycles. The zero-order chi connectivity index (χ0) is 14.2. The molecule has 0 spiro atoms. The molecule has 21 heavy (non-hydrogen) atoms. The third-order valence-electron chi connectivity index (χ3n) is 4.22. The Hall–Kier alpha value is -1.62. The molecule has 4 rings (SSSR count). The number of amides is 1. The van der Waals surface area contributed by atoms with Crippen LogP contribution in [0.2, 0.25) is 0 Å². The first-order valence-electron chi connectivity index (χ1n) is 7.60. The molecule has 4 nitrogen and oxygen atoms in total. The smallest absolute Gasteiger partial charge is 0.274 e. The molecule has 2 heterocycles. The summed E-state index contributed by atoms with van der Waals surface area (Å²) in [5.41, 5.74) is 0.999. The SMILES string of the molecule is O=C(C1CC1)N1CCC(Oc2nc3ccccc3s2)CC1. The van der Waals surface area contributed by atoms with Gasteiger partial charge < -0.3 is 9.64 Å². The molecule has 0 bridgehead atoms. The average Bonchev–Trinajstić information content (AvgIpc) is 3.27. The normalized spacial score (nSPS) is 19.9. The number of carbonyl (C=O) groups excluding carboxylic acids is 1. The molecule has 2 aliphatic rings. The van der Waals surface area contributed by atoms with E-state index < -0.39 is 0 Å². The standard InChI is InChI=1S/C16H18N2O2S/c19-15(11-5-6-11)18-9-7-12(8-10-18)20-16-17-13-3-1-2-4-14(13)21-16/h1-4,11-12H,5-10H2. The number of benzene rings is 1. The summed E-state index contributed by atoms with van der Waals surface area (Å²) in [7, 11) is 0. The van der Waals surface area contributed by atoms with E-state index in [1.165, 1.54) is 0 Å². The maximum Gasteiger partial charge on any atom is 0.274 e.